The highest BCUT2D eigenvalue weighted by atomic mass is 19.4. The van der Waals surface area contributed by atoms with E-state index in [4.69, 9.17) is 4.74 Å². The van der Waals surface area contributed by atoms with Crippen LogP contribution in [0.3, 0.4) is 0 Å². The molecule has 0 bridgehead atoms. The average molecular weight is 369 g/mol. The lowest BCUT2D eigenvalue weighted by molar-refractivity contribution is -0.137. The van der Waals surface area contributed by atoms with Gasteiger partial charge < -0.3 is 10.1 Å². The summed E-state index contributed by atoms with van der Waals surface area (Å²) in [5.41, 5.74) is 0.155. The lowest BCUT2D eigenvalue weighted by Gasteiger charge is -2.15. The molecule has 0 amide bonds. The van der Waals surface area contributed by atoms with E-state index in [-0.39, 0.29) is 18.2 Å². The molecule has 0 aliphatic carbocycles. The minimum atomic E-state index is -4.36. The summed E-state index contributed by atoms with van der Waals surface area (Å²) in [7, 11) is 0. The number of benzene rings is 2. The SMILES string of the molecule is CC(Cc1cccc(C(F)(F)F)c1)NCCOC(=O)c1ccc(F)cc1. The van der Waals surface area contributed by atoms with E-state index in [0.717, 1.165) is 12.1 Å². The van der Waals surface area contributed by atoms with E-state index < -0.39 is 23.5 Å². The molecule has 0 radical (unpaired) electrons. The monoisotopic (exact) mass is 369 g/mol. The molecule has 0 aromatic heterocycles. The predicted octanol–water partition coefficient (Wildman–Crippen LogP) is 4.22. The Morgan fingerprint density at radius 1 is 1.15 bits per heavy atom. The van der Waals surface area contributed by atoms with Crippen LogP contribution in [0, 0.1) is 5.82 Å². The van der Waals surface area contributed by atoms with Crippen molar-refractivity contribution in [2.75, 3.05) is 13.2 Å². The molecular weight excluding hydrogens is 350 g/mol. The minimum absolute atomic E-state index is 0.0944. The highest BCUT2D eigenvalue weighted by molar-refractivity contribution is 5.89. The second-order valence-corrected chi connectivity index (χ2v) is 5.90. The fourth-order valence-electron chi connectivity index (χ4n) is 2.42. The van der Waals surface area contributed by atoms with Crippen LogP contribution in [0.4, 0.5) is 17.6 Å². The van der Waals surface area contributed by atoms with Crippen LogP contribution in [0.15, 0.2) is 48.5 Å². The van der Waals surface area contributed by atoms with Crippen molar-refractivity contribution in [2.45, 2.75) is 25.6 Å². The van der Waals surface area contributed by atoms with Crippen molar-refractivity contribution in [3.8, 4) is 0 Å². The van der Waals surface area contributed by atoms with Gasteiger partial charge in [-0.3, -0.25) is 0 Å². The molecule has 3 nitrogen and oxygen atoms in total. The molecule has 1 atom stereocenters. The molecule has 2 aromatic rings. The number of ether oxygens (including phenoxy) is 1. The first kappa shape index (κ1) is 19.9. The molecule has 2 aromatic carbocycles. The first-order valence-corrected chi connectivity index (χ1v) is 8.08. The molecule has 7 heteroatoms. The zero-order valence-electron chi connectivity index (χ0n) is 14.1. The number of halogens is 4. The zero-order chi connectivity index (χ0) is 19.2. The normalized spacial score (nSPS) is 12.7. The van der Waals surface area contributed by atoms with Crippen molar-refractivity contribution in [2.24, 2.45) is 0 Å². The second kappa shape index (κ2) is 8.80. The van der Waals surface area contributed by atoms with Crippen molar-refractivity contribution in [1.82, 2.24) is 5.32 Å². The molecule has 0 fully saturated rings. The maximum Gasteiger partial charge on any atom is 0.416 e. The lowest BCUT2D eigenvalue weighted by atomic mass is 10.0. The third-order valence-corrected chi connectivity index (χ3v) is 3.70. The Kier molecular flexibility index (Phi) is 6.74. The molecule has 26 heavy (non-hydrogen) atoms. The van der Waals surface area contributed by atoms with Crippen LogP contribution in [0.1, 0.15) is 28.4 Å². The molecule has 1 unspecified atom stereocenters. The topological polar surface area (TPSA) is 38.3 Å². The molecule has 0 aliphatic heterocycles. The van der Waals surface area contributed by atoms with Crippen LogP contribution in [-0.4, -0.2) is 25.2 Å². The van der Waals surface area contributed by atoms with Gasteiger partial charge in [0, 0.05) is 12.6 Å². The lowest BCUT2D eigenvalue weighted by Crippen LogP contribution is -2.31. The van der Waals surface area contributed by atoms with E-state index in [1.807, 2.05) is 6.92 Å². The molecule has 0 saturated carbocycles. The fraction of sp³-hybridized carbons (Fsp3) is 0.316. The summed E-state index contributed by atoms with van der Waals surface area (Å²) >= 11 is 0. The number of carbonyl (C=O) groups excluding carboxylic acids is 1. The summed E-state index contributed by atoms with van der Waals surface area (Å²) < 4.78 is 56.0. The number of hydrogen-bond acceptors (Lipinski definition) is 3. The number of esters is 1. The van der Waals surface area contributed by atoms with E-state index in [1.165, 1.54) is 30.3 Å². The van der Waals surface area contributed by atoms with E-state index >= 15 is 0 Å². The third kappa shape index (κ3) is 6.15. The largest absolute Gasteiger partial charge is 0.461 e. The number of hydrogen-bond donors (Lipinski definition) is 1. The first-order chi connectivity index (χ1) is 12.3. The maximum atomic E-state index is 12.8. The smallest absolute Gasteiger partial charge is 0.416 e. The summed E-state index contributed by atoms with van der Waals surface area (Å²) in [5.74, 6) is -0.996. The summed E-state index contributed by atoms with van der Waals surface area (Å²) in [5, 5.41) is 3.09. The molecule has 0 saturated heterocycles. The fourth-order valence-corrected chi connectivity index (χ4v) is 2.42. The van der Waals surface area contributed by atoms with Crippen molar-refractivity contribution in [3.05, 3.63) is 71.0 Å². The van der Waals surface area contributed by atoms with Crippen molar-refractivity contribution < 1.29 is 27.1 Å². The van der Waals surface area contributed by atoms with Gasteiger partial charge in [-0.25, -0.2) is 9.18 Å². The van der Waals surface area contributed by atoms with Gasteiger partial charge in [-0.2, -0.15) is 13.2 Å². The molecular formula is C19H19F4NO2. The van der Waals surface area contributed by atoms with Gasteiger partial charge in [0.25, 0.3) is 0 Å². The Bertz CT molecular complexity index is 729. The van der Waals surface area contributed by atoms with E-state index in [1.54, 1.807) is 6.07 Å². The molecule has 2 rings (SSSR count). The van der Waals surface area contributed by atoms with Crippen molar-refractivity contribution in [3.63, 3.8) is 0 Å². The van der Waals surface area contributed by atoms with E-state index in [2.05, 4.69) is 5.32 Å². The Hall–Kier alpha value is -2.41. The number of nitrogens with one attached hydrogen (secondary N) is 1. The predicted molar refractivity (Wildman–Crippen MR) is 89.3 cm³/mol. The van der Waals surface area contributed by atoms with Gasteiger partial charge in [-0.05, 0) is 49.2 Å². The van der Waals surface area contributed by atoms with Gasteiger partial charge >= 0.3 is 12.1 Å². The van der Waals surface area contributed by atoms with E-state index in [0.29, 0.717) is 18.5 Å². The van der Waals surface area contributed by atoms with Crippen molar-refractivity contribution in [1.29, 1.82) is 0 Å². The molecule has 0 spiro atoms. The summed E-state index contributed by atoms with van der Waals surface area (Å²) in [4.78, 5) is 11.7. The first-order valence-electron chi connectivity index (χ1n) is 8.08. The summed E-state index contributed by atoms with van der Waals surface area (Å²) in [6.45, 7) is 2.29. The van der Waals surface area contributed by atoms with Crippen LogP contribution in [-0.2, 0) is 17.3 Å². The van der Waals surface area contributed by atoms with Gasteiger partial charge in [0.2, 0.25) is 0 Å². The van der Waals surface area contributed by atoms with Crippen LogP contribution in [0.25, 0.3) is 0 Å². The highest BCUT2D eigenvalue weighted by Crippen LogP contribution is 2.29. The van der Waals surface area contributed by atoms with E-state index in [9.17, 15) is 22.4 Å². The number of carbonyl (C=O) groups is 1. The Labute approximate surface area is 149 Å². The van der Waals surface area contributed by atoms with Gasteiger partial charge in [0.15, 0.2) is 0 Å². The summed E-state index contributed by atoms with van der Waals surface area (Å²) in [6, 6.07) is 10.1. The molecule has 140 valence electrons. The minimum Gasteiger partial charge on any atom is -0.461 e. The van der Waals surface area contributed by atoms with Crippen LogP contribution in [0.5, 0.6) is 0 Å². The van der Waals surface area contributed by atoms with Gasteiger partial charge in [0.1, 0.15) is 12.4 Å². The zero-order valence-corrected chi connectivity index (χ0v) is 14.1. The van der Waals surface area contributed by atoms with Gasteiger partial charge in [0.05, 0.1) is 11.1 Å². The molecule has 1 N–H and O–H groups in total. The van der Waals surface area contributed by atoms with Crippen molar-refractivity contribution >= 4 is 5.97 Å². The number of rotatable bonds is 7. The van der Waals surface area contributed by atoms with Crippen LogP contribution in [0.2, 0.25) is 0 Å². The van der Waals surface area contributed by atoms with Gasteiger partial charge in [-0.1, -0.05) is 18.2 Å². The number of alkyl halides is 3. The second-order valence-electron chi connectivity index (χ2n) is 5.90. The van der Waals surface area contributed by atoms with Gasteiger partial charge in [-0.15, -0.1) is 0 Å². The summed E-state index contributed by atoms with van der Waals surface area (Å²) in [6.07, 6.45) is -3.95. The average Bonchev–Trinajstić information content (AvgIpc) is 2.58. The quantitative estimate of drug-likeness (QED) is 0.451. The van der Waals surface area contributed by atoms with Crippen LogP contribution >= 0.6 is 0 Å². The standard InChI is InChI=1S/C19H19F4NO2/c1-13(11-14-3-2-4-16(12-14)19(21,22)23)24-9-10-26-18(25)15-5-7-17(20)8-6-15/h2-8,12-13,24H,9-11H2,1H3. The Morgan fingerprint density at radius 3 is 2.50 bits per heavy atom. The molecule has 0 heterocycles. The maximum absolute atomic E-state index is 12.8. The Balaban J connectivity index is 1.74. The highest BCUT2D eigenvalue weighted by Gasteiger charge is 2.30. The molecule has 0 aliphatic rings. The van der Waals surface area contributed by atoms with Crippen LogP contribution < -0.4 is 5.32 Å². The third-order valence-electron chi connectivity index (χ3n) is 3.70. The Morgan fingerprint density at radius 2 is 1.85 bits per heavy atom.